The molecule has 1 aliphatic heterocycles. The second kappa shape index (κ2) is 7.09. The maximum absolute atomic E-state index is 12.3. The molecule has 0 aliphatic carbocycles. The molecule has 7 nitrogen and oxygen atoms in total. The Morgan fingerprint density at radius 3 is 2.61 bits per heavy atom. The van der Waals surface area contributed by atoms with Crippen molar-refractivity contribution in [3.05, 3.63) is 37.8 Å². The van der Waals surface area contributed by atoms with Crippen LogP contribution in [0.3, 0.4) is 0 Å². The fraction of sp³-hybridized carbons (Fsp3) is 0.231. The maximum atomic E-state index is 12.3. The van der Waals surface area contributed by atoms with Crippen LogP contribution in [0.25, 0.3) is 0 Å². The molecular formula is C13H13IN2O5S2. The van der Waals surface area contributed by atoms with Crippen molar-refractivity contribution in [1.82, 2.24) is 10.6 Å². The van der Waals surface area contributed by atoms with Crippen LogP contribution < -0.4 is 15.4 Å². The van der Waals surface area contributed by atoms with E-state index in [1.807, 2.05) is 22.6 Å². The Labute approximate surface area is 151 Å². The van der Waals surface area contributed by atoms with Gasteiger partial charge in [0.25, 0.3) is 5.91 Å². The molecule has 0 bridgehead atoms. The SMILES string of the molecule is CC(=O)Oc1cc(I)cc(C(=O)NC2NC=C(S(C)(=O)=O)S2)c1. The van der Waals surface area contributed by atoms with E-state index < -0.39 is 27.2 Å². The summed E-state index contributed by atoms with van der Waals surface area (Å²) < 4.78 is 28.7. The van der Waals surface area contributed by atoms with Crippen molar-refractivity contribution < 1.29 is 22.7 Å². The smallest absolute Gasteiger partial charge is 0.308 e. The summed E-state index contributed by atoms with van der Waals surface area (Å²) >= 11 is 3.01. The Kier molecular flexibility index (Phi) is 5.57. The van der Waals surface area contributed by atoms with Gasteiger partial charge in [0.05, 0.1) is 0 Å². The number of amides is 1. The minimum Gasteiger partial charge on any atom is -0.427 e. The van der Waals surface area contributed by atoms with E-state index in [0.29, 0.717) is 5.56 Å². The molecular weight excluding hydrogens is 455 g/mol. The maximum Gasteiger partial charge on any atom is 0.308 e. The van der Waals surface area contributed by atoms with Gasteiger partial charge in [0.1, 0.15) is 9.99 Å². The van der Waals surface area contributed by atoms with Crippen LogP contribution in [0.2, 0.25) is 0 Å². The van der Waals surface area contributed by atoms with Crippen LogP contribution in [0.5, 0.6) is 5.75 Å². The lowest BCUT2D eigenvalue weighted by Gasteiger charge is -2.13. The molecule has 1 atom stereocenters. The van der Waals surface area contributed by atoms with Gasteiger partial charge in [-0.25, -0.2) is 8.42 Å². The molecule has 2 N–H and O–H groups in total. The molecule has 1 aromatic rings. The molecule has 1 heterocycles. The fourth-order valence-electron chi connectivity index (χ4n) is 1.71. The van der Waals surface area contributed by atoms with Gasteiger partial charge in [-0.3, -0.25) is 9.59 Å². The average molecular weight is 468 g/mol. The van der Waals surface area contributed by atoms with Crippen LogP contribution in [-0.4, -0.2) is 32.0 Å². The highest BCUT2D eigenvalue weighted by atomic mass is 127. The van der Waals surface area contributed by atoms with Crippen LogP contribution in [0, 0.1) is 3.57 Å². The molecule has 0 spiro atoms. The highest BCUT2D eigenvalue weighted by molar-refractivity contribution is 14.1. The first kappa shape index (κ1) is 18.1. The van der Waals surface area contributed by atoms with Crippen molar-refractivity contribution >= 4 is 56.1 Å². The molecule has 1 aliphatic rings. The summed E-state index contributed by atoms with van der Waals surface area (Å²) in [6.45, 7) is 1.27. The van der Waals surface area contributed by atoms with Crippen molar-refractivity contribution in [2.45, 2.75) is 12.4 Å². The van der Waals surface area contributed by atoms with E-state index in [1.165, 1.54) is 19.2 Å². The van der Waals surface area contributed by atoms with Crippen molar-refractivity contribution in [3.63, 3.8) is 0 Å². The molecule has 0 saturated heterocycles. The van der Waals surface area contributed by atoms with Gasteiger partial charge >= 0.3 is 5.97 Å². The molecule has 10 heteroatoms. The monoisotopic (exact) mass is 468 g/mol. The summed E-state index contributed by atoms with van der Waals surface area (Å²) in [4.78, 5) is 23.3. The van der Waals surface area contributed by atoms with Gasteiger partial charge < -0.3 is 15.4 Å². The molecule has 0 radical (unpaired) electrons. The number of benzene rings is 1. The number of carbonyl (C=O) groups is 2. The van der Waals surface area contributed by atoms with E-state index in [2.05, 4.69) is 10.6 Å². The second-order valence-electron chi connectivity index (χ2n) is 4.64. The topological polar surface area (TPSA) is 102 Å². The Morgan fingerprint density at radius 1 is 1.35 bits per heavy atom. The normalized spacial score (nSPS) is 17.2. The van der Waals surface area contributed by atoms with Crippen LogP contribution >= 0.6 is 34.4 Å². The predicted octanol–water partition coefficient (Wildman–Crippen LogP) is 1.41. The highest BCUT2D eigenvalue weighted by Crippen LogP contribution is 2.28. The van der Waals surface area contributed by atoms with Crippen LogP contribution in [0.4, 0.5) is 0 Å². The van der Waals surface area contributed by atoms with Crippen LogP contribution in [0.1, 0.15) is 17.3 Å². The van der Waals surface area contributed by atoms with Gasteiger partial charge in [0.15, 0.2) is 15.3 Å². The predicted molar refractivity (Wildman–Crippen MR) is 95.4 cm³/mol. The molecule has 124 valence electrons. The molecule has 0 saturated carbocycles. The van der Waals surface area contributed by atoms with Crippen molar-refractivity contribution in [2.24, 2.45) is 0 Å². The van der Waals surface area contributed by atoms with E-state index >= 15 is 0 Å². The number of halogens is 1. The van der Waals surface area contributed by atoms with Crippen LogP contribution in [0.15, 0.2) is 28.6 Å². The summed E-state index contributed by atoms with van der Waals surface area (Å²) in [5.41, 5.74) is -0.273. The molecule has 1 amide bonds. The summed E-state index contributed by atoms with van der Waals surface area (Å²) in [6.07, 6.45) is 2.45. The third kappa shape index (κ3) is 5.11. The fourth-order valence-corrected chi connectivity index (χ4v) is 4.30. The molecule has 23 heavy (non-hydrogen) atoms. The van der Waals surface area contributed by atoms with E-state index in [4.69, 9.17) is 4.74 Å². The third-order valence-electron chi connectivity index (χ3n) is 2.61. The number of hydrogen-bond acceptors (Lipinski definition) is 7. The quantitative estimate of drug-likeness (QED) is 0.392. The minimum atomic E-state index is -3.31. The standard InChI is InChI=1S/C13H13IN2O5S2/c1-7(17)21-10-4-8(3-9(14)5-10)12(18)16-13-15-6-11(22-13)23(2,19)20/h3-6,13,15H,1-2H3,(H,16,18). The third-order valence-corrected chi connectivity index (χ3v) is 6.12. The summed E-state index contributed by atoms with van der Waals surface area (Å²) in [5, 5.41) is 5.44. The first-order chi connectivity index (χ1) is 10.6. The van der Waals surface area contributed by atoms with Crippen LogP contribution in [-0.2, 0) is 14.6 Å². The Hall–Kier alpha value is -1.27. The molecule has 1 unspecified atom stereocenters. The van der Waals surface area contributed by atoms with Gasteiger partial charge in [-0.2, -0.15) is 0 Å². The molecule has 0 fully saturated rings. The number of nitrogens with one attached hydrogen (secondary N) is 2. The summed E-state index contributed by atoms with van der Waals surface area (Å²) in [7, 11) is -3.31. The van der Waals surface area contributed by atoms with E-state index in [-0.39, 0.29) is 9.99 Å². The Balaban J connectivity index is 2.07. The Bertz CT molecular complexity index is 792. The first-order valence-corrected chi connectivity index (χ1v) is 10.1. The molecule has 0 aromatic heterocycles. The van der Waals surface area contributed by atoms with Gasteiger partial charge in [-0.1, -0.05) is 11.8 Å². The molecule has 2 rings (SSSR count). The number of thioether (sulfide) groups is 1. The number of sulfone groups is 1. The zero-order valence-corrected chi connectivity index (χ0v) is 15.9. The minimum absolute atomic E-state index is 0.158. The summed E-state index contributed by atoms with van der Waals surface area (Å²) in [5.74, 6) is -0.616. The zero-order chi connectivity index (χ0) is 17.2. The number of hydrogen-bond donors (Lipinski definition) is 2. The van der Waals surface area contributed by atoms with Crippen molar-refractivity contribution in [1.29, 1.82) is 0 Å². The number of esters is 1. The Morgan fingerprint density at radius 2 is 2.04 bits per heavy atom. The lowest BCUT2D eigenvalue weighted by Crippen LogP contribution is -2.38. The second-order valence-corrected chi connectivity index (χ2v) is 9.28. The lowest BCUT2D eigenvalue weighted by molar-refractivity contribution is -0.131. The highest BCUT2D eigenvalue weighted by Gasteiger charge is 2.25. The van der Waals surface area contributed by atoms with Crippen molar-refractivity contribution in [3.8, 4) is 5.75 Å². The summed E-state index contributed by atoms with van der Waals surface area (Å²) in [6, 6.07) is 4.71. The average Bonchev–Trinajstić information content (AvgIpc) is 2.85. The van der Waals surface area contributed by atoms with Gasteiger partial charge in [0.2, 0.25) is 0 Å². The first-order valence-electron chi connectivity index (χ1n) is 6.28. The number of carbonyl (C=O) groups excluding carboxylic acids is 2. The van der Waals surface area contributed by atoms with Gasteiger partial charge in [0, 0.05) is 28.5 Å². The number of ether oxygens (including phenoxy) is 1. The number of rotatable bonds is 4. The zero-order valence-electron chi connectivity index (χ0n) is 12.1. The largest absolute Gasteiger partial charge is 0.427 e. The lowest BCUT2D eigenvalue weighted by atomic mass is 10.2. The van der Waals surface area contributed by atoms with Gasteiger partial charge in [-0.05, 0) is 40.8 Å². The van der Waals surface area contributed by atoms with E-state index in [9.17, 15) is 18.0 Å². The van der Waals surface area contributed by atoms with E-state index in [0.717, 1.165) is 21.6 Å². The molecule has 1 aromatic carbocycles. The van der Waals surface area contributed by atoms with Crippen molar-refractivity contribution in [2.75, 3.05) is 6.26 Å². The van der Waals surface area contributed by atoms with E-state index in [1.54, 1.807) is 12.1 Å². The van der Waals surface area contributed by atoms with Gasteiger partial charge in [-0.15, -0.1) is 0 Å².